The van der Waals surface area contributed by atoms with E-state index in [1.54, 1.807) is 0 Å². The quantitative estimate of drug-likeness (QED) is 0.536. The van der Waals surface area contributed by atoms with Gasteiger partial charge in [0.1, 0.15) is 0 Å². The molecule has 0 aromatic heterocycles. The zero-order valence-corrected chi connectivity index (χ0v) is 11.8. The number of hydrogen-bond donors (Lipinski definition) is 0. The summed E-state index contributed by atoms with van der Waals surface area (Å²) in [4.78, 5) is 0. The summed E-state index contributed by atoms with van der Waals surface area (Å²) >= 11 is 0. The second kappa shape index (κ2) is 4.42. The molecule has 0 atom stereocenters. The third-order valence-electron chi connectivity index (χ3n) is 3.84. The zero-order valence-electron chi connectivity index (χ0n) is 8.74. The van der Waals surface area contributed by atoms with E-state index in [2.05, 4.69) is 41.0 Å². The summed E-state index contributed by atoms with van der Waals surface area (Å²) in [7, 11) is 0. The van der Waals surface area contributed by atoms with Crippen LogP contribution in [0.2, 0.25) is 0 Å². The third-order valence-corrected chi connectivity index (χ3v) is 11.5. The average molecular weight is 359 g/mol. The summed E-state index contributed by atoms with van der Waals surface area (Å²) in [5.74, 6) is 0. The Morgan fingerprint density at radius 3 is 1.27 bits per heavy atom. The fourth-order valence-corrected chi connectivity index (χ4v) is 2.86. The summed E-state index contributed by atoms with van der Waals surface area (Å²) in [6.45, 7) is 13.3. The van der Waals surface area contributed by atoms with Crippen molar-refractivity contribution in [1.82, 2.24) is 0 Å². The van der Waals surface area contributed by atoms with Crippen molar-refractivity contribution < 1.29 is 22.4 Å². The molecule has 0 aromatic carbocycles. The van der Waals surface area contributed by atoms with Crippen molar-refractivity contribution in [2.24, 2.45) is 0 Å². The van der Waals surface area contributed by atoms with Crippen LogP contribution in [0.15, 0.2) is 0 Å². The molecule has 0 saturated carbocycles. The maximum Gasteiger partial charge on any atom is 0 e. The van der Waals surface area contributed by atoms with Crippen molar-refractivity contribution in [2.75, 3.05) is 25.7 Å². The first kappa shape index (κ1) is 14.7. The van der Waals surface area contributed by atoms with E-state index in [1.165, 1.54) is 12.3 Å². The van der Waals surface area contributed by atoms with Gasteiger partial charge in [0.15, 0.2) is 0 Å². The molecule has 0 amide bonds. The number of hydrogen-bond acceptors (Lipinski definition) is 0. The second-order valence-electron chi connectivity index (χ2n) is 4.54. The SMILES string of the molecule is CCP(C)(C)(CC)C(C)C.[Au]. The Morgan fingerprint density at radius 1 is 1.00 bits per heavy atom. The van der Waals surface area contributed by atoms with E-state index in [9.17, 15) is 0 Å². The summed E-state index contributed by atoms with van der Waals surface area (Å²) in [6, 6.07) is 0. The minimum absolute atomic E-state index is 0. The topological polar surface area (TPSA) is 0 Å². The minimum Gasteiger partial charge on any atom is 0 e. The molecular weight excluding hydrogens is 336 g/mol. The van der Waals surface area contributed by atoms with Crippen molar-refractivity contribution in [2.45, 2.75) is 33.4 Å². The standard InChI is InChI=1S/C9H23P.Au/c1-7-10(5,6,8-2)9(3)4;/h9H,7-8H2,1-6H3;. The molecule has 0 nitrogen and oxygen atoms in total. The van der Waals surface area contributed by atoms with Crippen molar-refractivity contribution in [3.05, 3.63) is 0 Å². The zero-order chi connectivity index (χ0) is 8.44. The molecule has 0 unspecified atom stereocenters. The summed E-state index contributed by atoms with van der Waals surface area (Å²) in [6.07, 6.45) is 2.81. The van der Waals surface area contributed by atoms with Gasteiger partial charge in [-0.05, 0) is 0 Å². The Labute approximate surface area is 88.0 Å². The van der Waals surface area contributed by atoms with Crippen LogP contribution >= 0.6 is 6.60 Å². The fourth-order valence-electron chi connectivity index (χ4n) is 0.954. The first-order chi connectivity index (χ1) is 4.35. The summed E-state index contributed by atoms with van der Waals surface area (Å²) in [5, 5.41) is 0. The van der Waals surface area contributed by atoms with Crippen molar-refractivity contribution in [1.29, 1.82) is 0 Å². The molecule has 75 valence electrons. The van der Waals surface area contributed by atoms with Gasteiger partial charge in [-0.15, -0.1) is 0 Å². The van der Waals surface area contributed by atoms with Crippen LogP contribution in [0.5, 0.6) is 0 Å². The summed E-state index contributed by atoms with van der Waals surface area (Å²) in [5.41, 5.74) is 0.904. The van der Waals surface area contributed by atoms with E-state index in [-0.39, 0.29) is 22.4 Å². The second-order valence-corrected chi connectivity index (χ2v) is 12.5. The molecular formula is C9H23AuP. The van der Waals surface area contributed by atoms with Crippen molar-refractivity contribution in [3.63, 3.8) is 0 Å². The Balaban J connectivity index is 0. The average Bonchev–Trinajstić information content (AvgIpc) is 1.89. The van der Waals surface area contributed by atoms with Crippen LogP contribution in [-0.4, -0.2) is 31.3 Å². The van der Waals surface area contributed by atoms with Crippen LogP contribution in [0.4, 0.5) is 0 Å². The van der Waals surface area contributed by atoms with Crippen molar-refractivity contribution >= 4 is 6.60 Å². The van der Waals surface area contributed by atoms with Crippen molar-refractivity contribution in [3.8, 4) is 0 Å². The molecule has 11 heavy (non-hydrogen) atoms. The van der Waals surface area contributed by atoms with Crippen LogP contribution in [0.3, 0.4) is 0 Å². The number of rotatable bonds is 3. The molecule has 2 heteroatoms. The van der Waals surface area contributed by atoms with Crippen LogP contribution in [0, 0.1) is 0 Å². The first-order valence-corrected chi connectivity index (χ1v) is 7.92. The molecule has 0 rings (SSSR count). The molecule has 0 heterocycles. The minimum atomic E-state index is -1.24. The van der Waals surface area contributed by atoms with Gasteiger partial charge in [0, 0.05) is 22.4 Å². The molecule has 0 aliphatic heterocycles. The predicted octanol–water partition coefficient (Wildman–Crippen LogP) is 3.25. The van der Waals surface area contributed by atoms with Crippen LogP contribution < -0.4 is 0 Å². The molecule has 0 saturated heterocycles. The molecule has 0 aliphatic carbocycles. The monoisotopic (exact) mass is 359 g/mol. The van der Waals surface area contributed by atoms with Gasteiger partial charge in [0.05, 0.1) is 0 Å². The van der Waals surface area contributed by atoms with Gasteiger partial charge >= 0.3 is 65.6 Å². The van der Waals surface area contributed by atoms with E-state index < -0.39 is 6.60 Å². The van der Waals surface area contributed by atoms with E-state index in [0.717, 1.165) is 5.66 Å². The van der Waals surface area contributed by atoms with E-state index >= 15 is 0 Å². The Kier molecular flexibility index (Phi) is 5.90. The normalized spacial score (nSPS) is 15.4. The van der Waals surface area contributed by atoms with Gasteiger partial charge in [-0.3, -0.25) is 0 Å². The van der Waals surface area contributed by atoms with Gasteiger partial charge in [-0.1, -0.05) is 0 Å². The van der Waals surface area contributed by atoms with Crippen LogP contribution in [0.25, 0.3) is 0 Å². The molecule has 0 aliphatic rings. The maximum absolute atomic E-state index is 2.52. The molecule has 0 fully saturated rings. The Morgan fingerprint density at radius 2 is 1.27 bits per heavy atom. The van der Waals surface area contributed by atoms with E-state index in [0.29, 0.717) is 0 Å². The smallest absolute Gasteiger partial charge is 0 e. The van der Waals surface area contributed by atoms with Crippen LogP contribution in [-0.2, 0) is 22.4 Å². The largest absolute Gasteiger partial charge is 0 e. The van der Waals surface area contributed by atoms with Gasteiger partial charge in [0.2, 0.25) is 0 Å². The molecule has 0 N–H and O–H groups in total. The molecule has 1 radical (unpaired) electrons. The van der Waals surface area contributed by atoms with Gasteiger partial charge in [0.25, 0.3) is 0 Å². The van der Waals surface area contributed by atoms with Gasteiger partial charge in [-0.25, -0.2) is 0 Å². The Bertz CT molecular complexity index is 111. The first-order valence-electron chi connectivity index (χ1n) is 4.35. The summed E-state index contributed by atoms with van der Waals surface area (Å²) < 4.78 is 0. The molecule has 0 aromatic rings. The van der Waals surface area contributed by atoms with Gasteiger partial charge in [-0.2, -0.15) is 0 Å². The van der Waals surface area contributed by atoms with E-state index in [4.69, 9.17) is 0 Å². The van der Waals surface area contributed by atoms with E-state index in [1.807, 2.05) is 0 Å². The molecule has 0 bridgehead atoms. The maximum atomic E-state index is 2.52. The molecule has 0 spiro atoms. The predicted molar refractivity (Wildman–Crippen MR) is 55.0 cm³/mol. The third kappa shape index (κ3) is 3.19. The Hall–Kier alpha value is 1.17. The van der Waals surface area contributed by atoms with Crippen LogP contribution in [0.1, 0.15) is 27.7 Å². The fraction of sp³-hybridized carbons (Fsp3) is 1.00. The van der Waals surface area contributed by atoms with Gasteiger partial charge < -0.3 is 0 Å².